The summed E-state index contributed by atoms with van der Waals surface area (Å²) >= 11 is 0. The van der Waals surface area contributed by atoms with E-state index in [1.807, 2.05) is 6.20 Å². The van der Waals surface area contributed by atoms with Gasteiger partial charge in [0.1, 0.15) is 11.6 Å². The summed E-state index contributed by atoms with van der Waals surface area (Å²) in [4.78, 5) is 4.31. The van der Waals surface area contributed by atoms with E-state index < -0.39 is 10.0 Å². The van der Waals surface area contributed by atoms with E-state index in [1.165, 1.54) is 0 Å². The number of methoxy groups -OCH3 is 1. The molecule has 0 saturated heterocycles. The standard InChI is InChI=1S/C16H21N3O3S/c1-22-15-4-2-3-14(9-15)12-23(20,21)18-11-13-5-7-19-8-6-17-16(19)10-13/h2-4,6,8-9,13,18H,5,7,10-12H2,1H3/t13-/m0/s1. The van der Waals surface area contributed by atoms with Crippen molar-refractivity contribution in [1.82, 2.24) is 14.3 Å². The summed E-state index contributed by atoms with van der Waals surface area (Å²) in [5.74, 6) is 1.96. The van der Waals surface area contributed by atoms with Gasteiger partial charge in [0.15, 0.2) is 0 Å². The molecule has 6 nitrogen and oxygen atoms in total. The Morgan fingerprint density at radius 2 is 2.30 bits per heavy atom. The number of ether oxygens (including phenoxy) is 1. The van der Waals surface area contributed by atoms with Gasteiger partial charge in [0.25, 0.3) is 0 Å². The number of benzene rings is 1. The highest BCUT2D eigenvalue weighted by molar-refractivity contribution is 7.88. The average Bonchev–Trinajstić information content (AvgIpc) is 3.00. The van der Waals surface area contributed by atoms with Gasteiger partial charge in [-0.15, -0.1) is 0 Å². The van der Waals surface area contributed by atoms with Crippen molar-refractivity contribution in [2.45, 2.75) is 25.1 Å². The normalized spacial score (nSPS) is 17.7. The van der Waals surface area contributed by atoms with E-state index >= 15 is 0 Å². The molecule has 2 aromatic rings. The van der Waals surface area contributed by atoms with Crippen molar-refractivity contribution in [3.05, 3.63) is 48.0 Å². The number of nitrogens with one attached hydrogen (secondary N) is 1. The molecule has 1 aliphatic heterocycles. The van der Waals surface area contributed by atoms with Crippen LogP contribution in [0.25, 0.3) is 0 Å². The summed E-state index contributed by atoms with van der Waals surface area (Å²) in [6.45, 7) is 1.36. The quantitative estimate of drug-likeness (QED) is 0.870. The maximum absolute atomic E-state index is 12.3. The van der Waals surface area contributed by atoms with E-state index in [0.717, 1.165) is 30.8 Å². The van der Waals surface area contributed by atoms with Crippen LogP contribution in [-0.4, -0.2) is 31.6 Å². The molecule has 0 bridgehead atoms. The SMILES string of the molecule is COc1cccc(CS(=O)(=O)NC[C@H]2CCn3ccnc3C2)c1. The minimum atomic E-state index is -3.36. The van der Waals surface area contributed by atoms with Crippen molar-refractivity contribution in [3.8, 4) is 5.75 Å². The van der Waals surface area contributed by atoms with Crippen LogP contribution in [0.2, 0.25) is 0 Å². The van der Waals surface area contributed by atoms with Crippen molar-refractivity contribution < 1.29 is 13.2 Å². The fourth-order valence-corrected chi connectivity index (χ4v) is 4.08. The molecule has 124 valence electrons. The number of hydrogen-bond acceptors (Lipinski definition) is 4. The lowest BCUT2D eigenvalue weighted by Gasteiger charge is -2.23. The molecule has 1 aromatic heterocycles. The predicted octanol–water partition coefficient (Wildman–Crippen LogP) is 1.57. The molecule has 1 aromatic carbocycles. The molecule has 0 aliphatic carbocycles. The third-order valence-corrected chi connectivity index (χ3v) is 5.45. The van der Waals surface area contributed by atoms with Gasteiger partial charge in [0.2, 0.25) is 10.0 Å². The number of fused-ring (bicyclic) bond motifs is 1. The average molecular weight is 335 g/mol. The van der Waals surface area contributed by atoms with Gasteiger partial charge >= 0.3 is 0 Å². The van der Waals surface area contributed by atoms with Crippen molar-refractivity contribution >= 4 is 10.0 Å². The Labute approximate surface area is 136 Å². The van der Waals surface area contributed by atoms with E-state index in [9.17, 15) is 8.42 Å². The van der Waals surface area contributed by atoms with Gasteiger partial charge in [-0.25, -0.2) is 18.1 Å². The van der Waals surface area contributed by atoms with Crippen molar-refractivity contribution in [3.63, 3.8) is 0 Å². The van der Waals surface area contributed by atoms with Crippen LogP contribution in [0.5, 0.6) is 5.75 Å². The maximum atomic E-state index is 12.3. The van der Waals surface area contributed by atoms with E-state index in [-0.39, 0.29) is 5.75 Å². The van der Waals surface area contributed by atoms with Gasteiger partial charge in [-0.1, -0.05) is 12.1 Å². The van der Waals surface area contributed by atoms with Crippen LogP contribution in [0.3, 0.4) is 0 Å². The molecular formula is C16H21N3O3S. The van der Waals surface area contributed by atoms with Crippen molar-refractivity contribution in [2.75, 3.05) is 13.7 Å². The Kier molecular flexibility index (Phi) is 4.68. The zero-order chi connectivity index (χ0) is 16.3. The highest BCUT2D eigenvalue weighted by atomic mass is 32.2. The smallest absolute Gasteiger partial charge is 0.215 e. The molecule has 1 atom stereocenters. The molecule has 0 saturated carbocycles. The fraction of sp³-hybridized carbons (Fsp3) is 0.438. The molecule has 3 rings (SSSR count). The minimum Gasteiger partial charge on any atom is -0.497 e. The van der Waals surface area contributed by atoms with Gasteiger partial charge < -0.3 is 9.30 Å². The number of aryl methyl sites for hydroxylation is 1. The molecular weight excluding hydrogens is 314 g/mol. The summed E-state index contributed by atoms with van der Waals surface area (Å²) in [7, 11) is -1.79. The summed E-state index contributed by atoms with van der Waals surface area (Å²) in [6, 6.07) is 7.13. The number of rotatable bonds is 6. The van der Waals surface area contributed by atoms with Gasteiger partial charge in [-0.2, -0.15) is 0 Å². The number of sulfonamides is 1. The molecule has 23 heavy (non-hydrogen) atoms. The molecule has 1 N–H and O–H groups in total. The van der Waals surface area contributed by atoms with Gasteiger partial charge in [-0.05, 0) is 30.0 Å². The first-order valence-corrected chi connectivity index (χ1v) is 9.31. The Balaban J connectivity index is 1.57. The first kappa shape index (κ1) is 16.0. The van der Waals surface area contributed by atoms with Crippen LogP contribution in [0, 0.1) is 5.92 Å². The third-order valence-electron chi connectivity index (χ3n) is 4.13. The maximum Gasteiger partial charge on any atom is 0.215 e. The molecule has 0 amide bonds. The van der Waals surface area contributed by atoms with Crippen LogP contribution >= 0.6 is 0 Å². The Bertz CT molecular complexity index is 770. The zero-order valence-corrected chi connectivity index (χ0v) is 13.9. The van der Waals surface area contributed by atoms with Crippen LogP contribution in [0.15, 0.2) is 36.7 Å². The number of imidazole rings is 1. The number of aromatic nitrogens is 2. The first-order chi connectivity index (χ1) is 11.1. The lowest BCUT2D eigenvalue weighted by molar-refractivity contribution is 0.379. The van der Waals surface area contributed by atoms with Gasteiger partial charge in [0, 0.05) is 31.9 Å². The van der Waals surface area contributed by atoms with Crippen LogP contribution < -0.4 is 9.46 Å². The third kappa shape index (κ3) is 4.11. The largest absolute Gasteiger partial charge is 0.497 e. The second-order valence-electron chi connectivity index (χ2n) is 5.85. The Morgan fingerprint density at radius 1 is 1.43 bits per heavy atom. The number of nitrogens with zero attached hydrogens (tertiary/aromatic N) is 2. The van der Waals surface area contributed by atoms with E-state index in [0.29, 0.717) is 18.2 Å². The second kappa shape index (κ2) is 6.72. The molecule has 1 aliphatic rings. The number of hydrogen-bond donors (Lipinski definition) is 1. The summed E-state index contributed by atoms with van der Waals surface area (Å²) in [5.41, 5.74) is 0.719. The summed E-state index contributed by atoms with van der Waals surface area (Å²) < 4.78 is 34.5. The lowest BCUT2D eigenvalue weighted by atomic mass is 9.98. The van der Waals surface area contributed by atoms with Gasteiger partial charge in [-0.3, -0.25) is 0 Å². The molecule has 0 fully saturated rings. The lowest BCUT2D eigenvalue weighted by Crippen LogP contribution is -2.33. The highest BCUT2D eigenvalue weighted by Crippen LogP contribution is 2.19. The fourth-order valence-electron chi connectivity index (χ4n) is 2.87. The Hall–Kier alpha value is -1.86. The Morgan fingerprint density at radius 3 is 3.13 bits per heavy atom. The van der Waals surface area contributed by atoms with E-state index in [1.54, 1.807) is 37.6 Å². The summed E-state index contributed by atoms with van der Waals surface area (Å²) in [5, 5.41) is 0. The monoisotopic (exact) mass is 335 g/mol. The predicted molar refractivity (Wildman–Crippen MR) is 87.7 cm³/mol. The van der Waals surface area contributed by atoms with Crippen LogP contribution in [0.4, 0.5) is 0 Å². The zero-order valence-electron chi connectivity index (χ0n) is 13.1. The second-order valence-corrected chi connectivity index (χ2v) is 7.66. The molecule has 7 heteroatoms. The van der Waals surface area contributed by atoms with Gasteiger partial charge in [0.05, 0.1) is 12.9 Å². The summed E-state index contributed by atoms with van der Waals surface area (Å²) in [6.07, 6.45) is 5.54. The van der Waals surface area contributed by atoms with E-state index in [2.05, 4.69) is 14.3 Å². The molecule has 0 radical (unpaired) electrons. The van der Waals surface area contributed by atoms with E-state index in [4.69, 9.17) is 4.74 Å². The molecule has 0 unspecified atom stereocenters. The minimum absolute atomic E-state index is 0.0362. The van der Waals surface area contributed by atoms with Crippen molar-refractivity contribution in [2.24, 2.45) is 5.92 Å². The molecule has 0 spiro atoms. The van der Waals surface area contributed by atoms with Crippen LogP contribution in [0.1, 0.15) is 17.8 Å². The topological polar surface area (TPSA) is 73.2 Å². The van der Waals surface area contributed by atoms with Crippen LogP contribution in [-0.2, 0) is 28.7 Å². The molecule has 2 heterocycles. The first-order valence-electron chi connectivity index (χ1n) is 7.66. The highest BCUT2D eigenvalue weighted by Gasteiger charge is 2.21. The van der Waals surface area contributed by atoms with Crippen molar-refractivity contribution in [1.29, 1.82) is 0 Å².